The first-order valence-electron chi connectivity index (χ1n) is 5.84. The molecule has 0 N–H and O–H groups in total. The molecule has 0 unspecified atom stereocenters. The van der Waals surface area contributed by atoms with Crippen LogP contribution in [0, 0.1) is 12.3 Å². The summed E-state index contributed by atoms with van der Waals surface area (Å²) in [4.78, 5) is 0. The standard InChI is InChI=1S/C16H18N.ClH/c1-4-12-17(2,3)13-15-10-7-9-14-8-5-6-11-16(14)15;/h1,5-11H,12-13H2,2-3H3;1H/q+1;/p-1. The van der Waals surface area contributed by atoms with Crippen molar-refractivity contribution in [1.82, 2.24) is 0 Å². The van der Waals surface area contributed by atoms with Crippen LogP contribution in [0.25, 0.3) is 10.8 Å². The minimum atomic E-state index is 0. The molecular formula is C16H18ClN. The predicted octanol–water partition coefficient (Wildman–Crippen LogP) is 0.0534. The topological polar surface area (TPSA) is 0 Å². The molecule has 94 valence electrons. The first kappa shape index (κ1) is 14.6. The summed E-state index contributed by atoms with van der Waals surface area (Å²) in [5.41, 5.74) is 1.36. The lowest BCUT2D eigenvalue weighted by Crippen LogP contribution is -3.00. The van der Waals surface area contributed by atoms with Gasteiger partial charge in [-0.05, 0) is 16.7 Å². The van der Waals surface area contributed by atoms with Crippen LogP contribution in [-0.4, -0.2) is 25.1 Å². The second kappa shape index (κ2) is 5.91. The van der Waals surface area contributed by atoms with E-state index in [1.165, 1.54) is 16.3 Å². The second-order valence-electron chi connectivity index (χ2n) is 5.09. The molecule has 0 saturated heterocycles. The van der Waals surface area contributed by atoms with Crippen LogP contribution in [-0.2, 0) is 6.54 Å². The van der Waals surface area contributed by atoms with E-state index < -0.39 is 0 Å². The van der Waals surface area contributed by atoms with Gasteiger partial charge in [-0.15, -0.1) is 6.42 Å². The van der Waals surface area contributed by atoms with Gasteiger partial charge < -0.3 is 16.9 Å². The van der Waals surface area contributed by atoms with Crippen LogP contribution >= 0.6 is 0 Å². The maximum absolute atomic E-state index is 5.42. The summed E-state index contributed by atoms with van der Waals surface area (Å²) >= 11 is 0. The van der Waals surface area contributed by atoms with E-state index in [-0.39, 0.29) is 12.4 Å². The van der Waals surface area contributed by atoms with E-state index in [0.29, 0.717) is 0 Å². The number of fused-ring (bicyclic) bond motifs is 1. The Labute approximate surface area is 115 Å². The maximum atomic E-state index is 5.42. The van der Waals surface area contributed by atoms with Gasteiger partial charge >= 0.3 is 0 Å². The fourth-order valence-electron chi connectivity index (χ4n) is 2.19. The quantitative estimate of drug-likeness (QED) is 0.540. The highest BCUT2D eigenvalue weighted by Gasteiger charge is 2.15. The summed E-state index contributed by atoms with van der Waals surface area (Å²) in [6.45, 7) is 1.72. The SMILES string of the molecule is C#CC[N+](C)(C)Cc1cccc2ccccc12.[Cl-]. The molecule has 0 saturated carbocycles. The Morgan fingerprint density at radius 2 is 1.72 bits per heavy atom. The van der Waals surface area contributed by atoms with Crippen molar-refractivity contribution < 1.29 is 16.9 Å². The zero-order chi connectivity index (χ0) is 12.3. The molecule has 0 radical (unpaired) electrons. The highest BCUT2D eigenvalue weighted by Crippen LogP contribution is 2.21. The van der Waals surface area contributed by atoms with Crippen LogP contribution in [0.1, 0.15) is 5.56 Å². The van der Waals surface area contributed by atoms with Gasteiger partial charge in [-0.2, -0.15) is 0 Å². The van der Waals surface area contributed by atoms with Crippen LogP contribution in [0.5, 0.6) is 0 Å². The number of terminal acetylenes is 1. The minimum absolute atomic E-state index is 0. The third-order valence-corrected chi connectivity index (χ3v) is 3.00. The fraction of sp³-hybridized carbons (Fsp3) is 0.250. The number of benzene rings is 2. The van der Waals surface area contributed by atoms with Gasteiger partial charge in [-0.1, -0.05) is 42.5 Å². The number of halogens is 1. The smallest absolute Gasteiger partial charge is 0.140 e. The van der Waals surface area contributed by atoms with Gasteiger partial charge in [0.15, 0.2) is 0 Å². The van der Waals surface area contributed by atoms with E-state index in [4.69, 9.17) is 6.42 Å². The average Bonchev–Trinajstić information content (AvgIpc) is 2.29. The van der Waals surface area contributed by atoms with E-state index in [9.17, 15) is 0 Å². The number of quaternary nitrogens is 1. The van der Waals surface area contributed by atoms with Gasteiger partial charge in [0.25, 0.3) is 0 Å². The minimum Gasteiger partial charge on any atom is -1.00 e. The van der Waals surface area contributed by atoms with E-state index in [1.54, 1.807) is 0 Å². The Morgan fingerprint density at radius 1 is 1.06 bits per heavy atom. The largest absolute Gasteiger partial charge is 1.00 e. The Morgan fingerprint density at radius 3 is 2.44 bits per heavy atom. The van der Waals surface area contributed by atoms with Gasteiger partial charge in [0.2, 0.25) is 0 Å². The molecule has 2 rings (SSSR count). The summed E-state index contributed by atoms with van der Waals surface area (Å²) < 4.78 is 0.824. The van der Waals surface area contributed by atoms with Crippen LogP contribution in [0.15, 0.2) is 42.5 Å². The molecule has 0 heterocycles. The molecule has 18 heavy (non-hydrogen) atoms. The molecule has 0 aliphatic carbocycles. The highest BCUT2D eigenvalue weighted by molar-refractivity contribution is 5.85. The molecule has 0 aliphatic rings. The Balaban J connectivity index is 0.00000162. The molecule has 0 bridgehead atoms. The van der Waals surface area contributed by atoms with Gasteiger partial charge in [0.05, 0.1) is 14.1 Å². The van der Waals surface area contributed by atoms with E-state index in [1.807, 2.05) is 0 Å². The van der Waals surface area contributed by atoms with Gasteiger partial charge in [0.1, 0.15) is 13.1 Å². The normalized spacial score (nSPS) is 10.7. The predicted molar refractivity (Wildman–Crippen MR) is 73.5 cm³/mol. The number of rotatable bonds is 3. The molecular weight excluding hydrogens is 242 g/mol. The van der Waals surface area contributed by atoms with Gasteiger partial charge in [-0.3, -0.25) is 0 Å². The van der Waals surface area contributed by atoms with Gasteiger partial charge in [-0.25, -0.2) is 0 Å². The summed E-state index contributed by atoms with van der Waals surface area (Å²) in [6, 6.07) is 15.0. The van der Waals surface area contributed by atoms with Crippen molar-refractivity contribution in [2.24, 2.45) is 0 Å². The molecule has 0 spiro atoms. The first-order valence-corrected chi connectivity index (χ1v) is 5.84. The lowest BCUT2D eigenvalue weighted by Gasteiger charge is -2.28. The zero-order valence-electron chi connectivity index (χ0n) is 10.9. The molecule has 2 aromatic rings. The lowest BCUT2D eigenvalue weighted by atomic mass is 10.0. The molecule has 0 fully saturated rings. The number of hydrogen-bond donors (Lipinski definition) is 0. The number of hydrogen-bond acceptors (Lipinski definition) is 0. The number of nitrogens with zero attached hydrogens (tertiary/aromatic N) is 1. The van der Waals surface area contributed by atoms with Crippen LogP contribution in [0.2, 0.25) is 0 Å². The molecule has 0 aromatic heterocycles. The van der Waals surface area contributed by atoms with Crippen LogP contribution < -0.4 is 12.4 Å². The van der Waals surface area contributed by atoms with Gasteiger partial charge in [0, 0.05) is 5.56 Å². The highest BCUT2D eigenvalue weighted by atomic mass is 35.5. The molecule has 1 nitrogen and oxygen atoms in total. The third kappa shape index (κ3) is 3.26. The summed E-state index contributed by atoms with van der Waals surface area (Å²) in [7, 11) is 4.34. The van der Waals surface area contributed by atoms with Crippen molar-refractivity contribution in [2.45, 2.75) is 6.54 Å². The zero-order valence-corrected chi connectivity index (χ0v) is 11.6. The van der Waals surface area contributed by atoms with E-state index >= 15 is 0 Å². The third-order valence-electron chi connectivity index (χ3n) is 3.00. The first-order chi connectivity index (χ1) is 8.12. The summed E-state index contributed by atoms with van der Waals surface area (Å²) in [6.07, 6.45) is 5.42. The fourth-order valence-corrected chi connectivity index (χ4v) is 2.19. The Bertz CT molecular complexity index is 561. The van der Waals surface area contributed by atoms with Crippen molar-refractivity contribution in [3.05, 3.63) is 48.0 Å². The van der Waals surface area contributed by atoms with Crippen LogP contribution in [0.3, 0.4) is 0 Å². The second-order valence-corrected chi connectivity index (χ2v) is 5.09. The van der Waals surface area contributed by atoms with Crippen molar-refractivity contribution in [3.63, 3.8) is 0 Å². The van der Waals surface area contributed by atoms with E-state index in [2.05, 4.69) is 62.5 Å². The Kier molecular flexibility index (Phi) is 4.78. The lowest BCUT2D eigenvalue weighted by molar-refractivity contribution is -0.896. The Hall–Kier alpha value is -1.49. The monoisotopic (exact) mass is 259 g/mol. The van der Waals surface area contributed by atoms with Crippen molar-refractivity contribution >= 4 is 10.8 Å². The molecule has 0 aliphatic heterocycles. The molecule has 2 aromatic carbocycles. The van der Waals surface area contributed by atoms with Crippen molar-refractivity contribution in [1.29, 1.82) is 0 Å². The molecule has 0 amide bonds. The average molecular weight is 260 g/mol. The summed E-state index contributed by atoms with van der Waals surface area (Å²) in [5, 5.41) is 2.63. The maximum Gasteiger partial charge on any atom is 0.140 e. The van der Waals surface area contributed by atoms with E-state index in [0.717, 1.165) is 17.6 Å². The van der Waals surface area contributed by atoms with Crippen LogP contribution in [0.4, 0.5) is 0 Å². The van der Waals surface area contributed by atoms with Crippen molar-refractivity contribution in [2.75, 3.05) is 20.6 Å². The molecule has 0 atom stereocenters. The molecule has 2 heteroatoms. The summed E-state index contributed by atoms with van der Waals surface area (Å²) in [5.74, 6) is 2.75. The van der Waals surface area contributed by atoms with Crippen molar-refractivity contribution in [3.8, 4) is 12.3 Å².